The monoisotopic (exact) mass is 101 g/mol. The van der Waals surface area contributed by atoms with Crippen molar-refractivity contribution in [2.75, 3.05) is 13.7 Å². The van der Waals surface area contributed by atoms with E-state index in [0.717, 1.165) is 5.70 Å². The summed E-state index contributed by atoms with van der Waals surface area (Å²) < 4.78 is 0. The highest BCUT2D eigenvalue weighted by Gasteiger charge is 2.01. The molecular formula is C4H7NO2. The quantitative estimate of drug-likeness (QED) is 0.472. The summed E-state index contributed by atoms with van der Waals surface area (Å²) in [5, 5.41) is 2.88. The standard InChI is InChI=1S/C4H7NO2/c1-5-4-2-6-7-3-4/h2,5H,3H2,1H3. The van der Waals surface area contributed by atoms with Gasteiger partial charge in [0.25, 0.3) is 0 Å². The number of rotatable bonds is 1. The van der Waals surface area contributed by atoms with Crippen LogP contribution in [0.3, 0.4) is 0 Å². The van der Waals surface area contributed by atoms with Gasteiger partial charge in [0.1, 0.15) is 6.61 Å². The molecule has 1 aliphatic rings. The van der Waals surface area contributed by atoms with Gasteiger partial charge in [-0.25, -0.2) is 0 Å². The molecule has 1 rings (SSSR count). The van der Waals surface area contributed by atoms with Crippen molar-refractivity contribution in [2.24, 2.45) is 0 Å². The zero-order valence-electron chi connectivity index (χ0n) is 4.10. The Bertz CT molecular complexity index is 89.7. The molecule has 0 aromatic heterocycles. The van der Waals surface area contributed by atoms with Gasteiger partial charge in [-0.3, -0.25) is 0 Å². The third kappa shape index (κ3) is 0.838. The van der Waals surface area contributed by atoms with Crippen LogP contribution in [0.15, 0.2) is 12.0 Å². The van der Waals surface area contributed by atoms with Gasteiger partial charge in [-0.2, -0.15) is 4.89 Å². The first-order chi connectivity index (χ1) is 3.43. The number of likely N-dealkylation sites (N-methyl/N-ethyl adjacent to an activating group) is 1. The lowest BCUT2D eigenvalue weighted by Gasteiger charge is -1.89. The van der Waals surface area contributed by atoms with E-state index in [2.05, 4.69) is 15.1 Å². The first-order valence-electron chi connectivity index (χ1n) is 2.08. The maximum atomic E-state index is 4.49. The average molecular weight is 101 g/mol. The maximum Gasteiger partial charge on any atom is 0.151 e. The van der Waals surface area contributed by atoms with Crippen molar-refractivity contribution in [3.63, 3.8) is 0 Å². The normalized spacial score (nSPS) is 18.1. The van der Waals surface area contributed by atoms with E-state index in [0.29, 0.717) is 6.61 Å². The van der Waals surface area contributed by atoms with Crippen molar-refractivity contribution < 1.29 is 9.78 Å². The van der Waals surface area contributed by atoms with Crippen molar-refractivity contribution in [3.05, 3.63) is 12.0 Å². The Balaban J connectivity index is 2.36. The predicted octanol–water partition coefficient (Wildman–Crippen LogP) is 0.00900. The Labute approximate surface area is 41.8 Å². The van der Waals surface area contributed by atoms with Crippen LogP contribution in [0, 0.1) is 0 Å². The minimum Gasteiger partial charge on any atom is -0.387 e. The van der Waals surface area contributed by atoms with Gasteiger partial charge in [0.05, 0.1) is 5.70 Å². The minimum absolute atomic E-state index is 0.538. The molecule has 40 valence electrons. The van der Waals surface area contributed by atoms with Crippen LogP contribution in [0.4, 0.5) is 0 Å². The van der Waals surface area contributed by atoms with Crippen LogP contribution in [0.25, 0.3) is 0 Å². The van der Waals surface area contributed by atoms with E-state index < -0.39 is 0 Å². The lowest BCUT2D eigenvalue weighted by atomic mass is 10.5. The van der Waals surface area contributed by atoms with Gasteiger partial charge in [0.2, 0.25) is 0 Å². The van der Waals surface area contributed by atoms with E-state index in [9.17, 15) is 0 Å². The molecule has 1 heterocycles. The van der Waals surface area contributed by atoms with Crippen LogP contribution in [0.1, 0.15) is 0 Å². The predicted molar refractivity (Wildman–Crippen MR) is 24.2 cm³/mol. The van der Waals surface area contributed by atoms with Crippen LogP contribution >= 0.6 is 0 Å². The Morgan fingerprint density at radius 2 is 2.71 bits per heavy atom. The summed E-state index contributed by atoms with van der Waals surface area (Å²) in [5.74, 6) is 0. The van der Waals surface area contributed by atoms with Gasteiger partial charge >= 0.3 is 0 Å². The molecule has 0 aromatic rings. The van der Waals surface area contributed by atoms with Gasteiger partial charge in [-0.05, 0) is 0 Å². The molecule has 0 amide bonds. The van der Waals surface area contributed by atoms with E-state index >= 15 is 0 Å². The number of hydrogen-bond donors (Lipinski definition) is 1. The summed E-state index contributed by atoms with van der Waals surface area (Å²) in [7, 11) is 1.82. The summed E-state index contributed by atoms with van der Waals surface area (Å²) in [5.41, 5.74) is 0.972. The molecule has 0 bridgehead atoms. The fourth-order valence-corrected chi connectivity index (χ4v) is 0.355. The number of hydrogen-bond acceptors (Lipinski definition) is 3. The van der Waals surface area contributed by atoms with Crippen LogP contribution in [0.5, 0.6) is 0 Å². The fourth-order valence-electron chi connectivity index (χ4n) is 0.355. The third-order valence-corrected chi connectivity index (χ3v) is 0.794. The van der Waals surface area contributed by atoms with E-state index in [1.54, 1.807) is 6.26 Å². The van der Waals surface area contributed by atoms with Crippen molar-refractivity contribution in [1.29, 1.82) is 0 Å². The molecule has 0 unspecified atom stereocenters. The van der Waals surface area contributed by atoms with Gasteiger partial charge in [-0.1, -0.05) is 0 Å². The second kappa shape index (κ2) is 1.84. The highest BCUT2D eigenvalue weighted by Crippen LogP contribution is 1.99. The Morgan fingerprint density at radius 3 is 3.00 bits per heavy atom. The third-order valence-electron chi connectivity index (χ3n) is 0.794. The Kier molecular flexibility index (Phi) is 1.17. The van der Waals surface area contributed by atoms with Crippen molar-refractivity contribution in [2.45, 2.75) is 0 Å². The highest BCUT2D eigenvalue weighted by atomic mass is 17.2. The van der Waals surface area contributed by atoms with Crippen molar-refractivity contribution in [3.8, 4) is 0 Å². The molecule has 0 atom stereocenters. The van der Waals surface area contributed by atoms with E-state index in [4.69, 9.17) is 0 Å². The highest BCUT2D eigenvalue weighted by molar-refractivity contribution is 4.95. The molecule has 1 aliphatic heterocycles. The molecule has 0 radical (unpaired) electrons. The minimum atomic E-state index is 0.538. The molecule has 7 heavy (non-hydrogen) atoms. The van der Waals surface area contributed by atoms with E-state index in [1.165, 1.54) is 0 Å². The summed E-state index contributed by atoms with van der Waals surface area (Å²) >= 11 is 0. The van der Waals surface area contributed by atoms with Crippen molar-refractivity contribution in [1.82, 2.24) is 5.32 Å². The van der Waals surface area contributed by atoms with Gasteiger partial charge in [-0.15, -0.1) is 0 Å². The molecule has 0 saturated carbocycles. The Morgan fingerprint density at radius 1 is 1.86 bits per heavy atom. The van der Waals surface area contributed by atoms with Crippen LogP contribution < -0.4 is 5.32 Å². The maximum absolute atomic E-state index is 4.49. The van der Waals surface area contributed by atoms with Crippen LogP contribution in [-0.2, 0) is 9.78 Å². The zero-order valence-corrected chi connectivity index (χ0v) is 4.10. The molecule has 0 aliphatic carbocycles. The molecular weight excluding hydrogens is 94.0 g/mol. The molecule has 3 nitrogen and oxygen atoms in total. The average Bonchev–Trinajstić information content (AvgIpc) is 2.14. The Hall–Kier alpha value is -0.700. The second-order valence-corrected chi connectivity index (χ2v) is 1.25. The lowest BCUT2D eigenvalue weighted by molar-refractivity contribution is -0.222. The van der Waals surface area contributed by atoms with Crippen LogP contribution in [0.2, 0.25) is 0 Å². The molecule has 0 aromatic carbocycles. The first kappa shape index (κ1) is 4.46. The van der Waals surface area contributed by atoms with E-state index in [-0.39, 0.29) is 0 Å². The molecule has 3 heteroatoms. The molecule has 0 saturated heterocycles. The summed E-state index contributed by atoms with van der Waals surface area (Å²) in [6, 6.07) is 0. The smallest absolute Gasteiger partial charge is 0.151 e. The topological polar surface area (TPSA) is 30.5 Å². The van der Waals surface area contributed by atoms with Crippen LogP contribution in [-0.4, -0.2) is 13.7 Å². The van der Waals surface area contributed by atoms with Gasteiger partial charge in [0, 0.05) is 7.05 Å². The van der Waals surface area contributed by atoms with E-state index in [1.807, 2.05) is 7.05 Å². The molecule has 0 spiro atoms. The second-order valence-electron chi connectivity index (χ2n) is 1.25. The summed E-state index contributed by atoms with van der Waals surface area (Å²) in [6.07, 6.45) is 1.54. The molecule has 0 fully saturated rings. The van der Waals surface area contributed by atoms with Crippen molar-refractivity contribution >= 4 is 0 Å². The number of nitrogens with one attached hydrogen (secondary N) is 1. The van der Waals surface area contributed by atoms with Gasteiger partial charge in [0.15, 0.2) is 6.26 Å². The fraction of sp³-hybridized carbons (Fsp3) is 0.500. The largest absolute Gasteiger partial charge is 0.387 e. The summed E-state index contributed by atoms with van der Waals surface area (Å²) in [6.45, 7) is 0.538. The van der Waals surface area contributed by atoms with Gasteiger partial charge < -0.3 is 10.2 Å². The zero-order chi connectivity index (χ0) is 5.11. The SMILES string of the molecule is CNC1=COOC1. The molecule has 1 N–H and O–H groups in total. The first-order valence-corrected chi connectivity index (χ1v) is 2.08. The lowest BCUT2D eigenvalue weighted by Crippen LogP contribution is -2.05. The summed E-state index contributed by atoms with van der Waals surface area (Å²) in [4.78, 5) is 8.92.